The van der Waals surface area contributed by atoms with Gasteiger partial charge in [0, 0.05) is 5.41 Å². The lowest BCUT2D eigenvalue weighted by atomic mass is 9.78. The van der Waals surface area contributed by atoms with E-state index in [0.717, 1.165) is 5.56 Å². The SMILES string of the molecule is CC[C@H](O)C(C)(C)c1ccc(F)cc1. The van der Waals surface area contributed by atoms with Gasteiger partial charge >= 0.3 is 0 Å². The highest BCUT2D eigenvalue weighted by Crippen LogP contribution is 2.28. The van der Waals surface area contributed by atoms with Crippen molar-refractivity contribution in [2.24, 2.45) is 0 Å². The molecule has 0 aliphatic carbocycles. The number of hydrogen-bond acceptors (Lipinski definition) is 1. The Balaban J connectivity index is 2.97. The molecule has 1 N–H and O–H groups in total. The lowest BCUT2D eigenvalue weighted by Gasteiger charge is -2.30. The molecule has 0 fully saturated rings. The van der Waals surface area contributed by atoms with E-state index in [4.69, 9.17) is 0 Å². The Morgan fingerprint density at radius 1 is 1.29 bits per heavy atom. The highest BCUT2D eigenvalue weighted by Gasteiger charge is 2.28. The number of aliphatic hydroxyl groups excluding tert-OH is 1. The van der Waals surface area contributed by atoms with Gasteiger partial charge < -0.3 is 5.11 Å². The zero-order valence-corrected chi connectivity index (χ0v) is 8.92. The minimum absolute atomic E-state index is 0.240. The minimum Gasteiger partial charge on any atom is -0.392 e. The molecule has 1 atom stereocenters. The molecule has 14 heavy (non-hydrogen) atoms. The van der Waals surface area contributed by atoms with Crippen LogP contribution in [0.5, 0.6) is 0 Å². The molecule has 1 rings (SSSR count). The van der Waals surface area contributed by atoms with Gasteiger partial charge in [0.15, 0.2) is 0 Å². The van der Waals surface area contributed by atoms with Gasteiger partial charge in [-0.1, -0.05) is 32.9 Å². The molecule has 0 spiro atoms. The van der Waals surface area contributed by atoms with Gasteiger partial charge in [-0.15, -0.1) is 0 Å². The maximum absolute atomic E-state index is 12.7. The van der Waals surface area contributed by atoms with Crippen LogP contribution in [0.4, 0.5) is 4.39 Å². The Labute approximate surface area is 84.6 Å². The molecule has 0 saturated carbocycles. The second-order valence-electron chi connectivity index (χ2n) is 4.15. The lowest BCUT2D eigenvalue weighted by molar-refractivity contribution is 0.0960. The van der Waals surface area contributed by atoms with Crippen LogP contribution in [0.2, 0.25) is 0 Å². The molecule has 0 radical (unpaired) electrons. The summed E-state index contributed by atoms with van der Waals surface area (Å²) in [5.74, 6) is -0.240. The summed E-state index contributed by atoms with van der Waals surface area (Å²) >= 11 is 0. The van der Waals surface area contributed by atoms with Crippen LogP contribution in [-0.4, -0.2) is 11.2 Å². The van der Waals surface area contributed by atoms with Crippen molar-refractivity contribution in [1.29, 1.82) is 0 Å². The first-order valence-corrected chi connectivity index (χ1v) is 4.92. The fourth-order valence-corrected chi connectivity index (χ4v) is 1.58. The number of hydrogen-bond donors (Lipinski definition) is 1. The first-order chi connectivity index (χ1) is 6.48. The Hall–Kier alpha value is -0.890. The molecule has 0 amide bonds. The summed E-state index contributed by atoms with van der Waals surface area (Å²) in [5, 5.41) is 9.81. The zero-order valence-electron chi connectivity index (χ0n) is 8.92. The maximum atomic E-state index is 12.7. The predicted octanol–water partition coefficient (Wildman–Crippen LogP) is 2.87. The third-order valence-electron chi connectivity index (χ3n) is 2.81. The van der Waals surface area contributed by atoms with Crippen LogP contribution in [-0.2, 0) is 5.41 Å². The first-order valence-electron chi connectivity index (χ1n) is 4.92. The highest BCUT2D eigenvalue weighted by atomic mass is 19.1. The van der Waals surface area contributed by atoms with Crippen molar-refractivity contribution >= 4 is 0 Å². The molecule has 1 aromatic rings. The molecule has 0 aromatic heterocycles. The fourth-order valence-electron chi connectivity index (χ4n) is 1.58. The predicted molar refractivity (Wildman–Crippen MR) is 55.7 cm³/mol. The van der Waals surface area contributed by atoms with Crippen molar-refractivity contribution in [2.75, 3.05) is 0 Å². The van der Waals surface area contributed by atoms with Gasteiger partial charge in [0.25, 0.3) is 0 Å². The molecule has 0 bridgehead atoms. The van der Waals surface area contributed by atoms with Gasteiger partial charge in [0.05, 0.1) is 6.10 Å². The van der Waals surface area contributed by atoms with Crippen LogP contribution in [0.25, 0.3) is 0 Å². The van der Waals surface area contributed by atoms with Crippen molar-refractivity contribution in [3.8, 4) is 0 Å². The third-order valence-corrected chi connectivity index (χ3v) is 2.81. The summed E-state index contributed by atoms with van der Waals surface area (Å²) in [4.78, 5) is 0. The monoisotopic (exact) mass is 196 g/mol. The summed E-state index contributed by atoms with van der Waals surface area (Å²) < 4.78 is 12.7. The highest BCUT2D eigenvalue weighted by molar-refractivity contribution is 5.25. The first kappa shape index (κ1) is 11.2. The number of halogens is 1. The molecular formula is C12H17FO. The van der Waals surface area contributed by atoms with E-state index in [1.54, 1.807) is 12.1 Å². The summed E-state index contributed by atoms with van der Waals surface area (Å²) in [6, 6.07) is 6.32. The van der Waals surface area contributed by atoms with E-state index >= 15 is 0 Å². The van der Waals surface area contributed by atoms with Crippen LogP contribution in [0.3, 0.4) is 0 Å². The van der Waals surface area contributed by atoms with Crippen molar-refractivity contribution < 1.29 is 9.50 Å². The average Bonchev–Trinajstić information content (AvgIpc) is 2.17. The fraction of sp³-hybridized carbons (Fsp3) is 0.500. The van der Waals surface area contributed by atoms with E-state index in [1.165, 1.54) is 12.1 Å². The van der Waals surface area contributed by atoms with Crippen LogP contribution >= 0.6 is 0 Å². The molecule has 0 heterocycles. The molecule has 2 heteroatoms. The Morgan fingerprint density at radius 3 is 2.21 bits per heavy atom. The second-order valence-corrected chi connectivity index (χ2v) is 4.15. The normalized spacial score (nSPS) is 14.1. The zero-order chi connectivity index (χ0) is 10.8. The van der Waals surface area contributed by atoms with Gasteiger partial charge in [-0.3, -0.25) is 0 Å². The lowest BCUT2D eigenvalue weighted by Crippen LogP contribution is -2.32. The number of aliphatic hydroxyl groups is 1. The van der Waals surface area contributed by atoms with Gasteiger partial charge in [-0.25, -0.2) is 4.39 Å². The van der Waals surface area contributed by atoms with E-state index in [2.05, 4.69) is 0 Å². The van der Waals surface area contributed by atoms with Crippen LogP contribution in [0.1, 0.15) is 32.8 Å². The van der Waals surface area contributed by atoms with Crippen molar-refractivity contribution in [3.05, 3.63) is 35.6 Å². The van der Waals surface area contributed by atoms with Crippen LogP contribution in [0.15, 0.2) is 24.3 Å². The topological polar surface area (TPSA) is 20.2 Å². The van der Waals surface area contributed by atoms with E-state index in [9.17, 15) is 9.50 Å². The molecular weight excluding hydrogens is 179 g/mol. The Bertz CT molecular complexity index is 290. The maximum Gasteiger partial charge on any atom is 0.123 e. The van der Waals surface area contributed by atoms with Gasteiger partial charge in [-0.2, -0.15) is 0 Å². The standard InChI is InChI=1S/C12H17FO/c1-4-11(14)12(2,3)9-5-7-10(13)8-6-9/h5-8,11,14H,4H2,1-3H3/t11-/m0/s1. The quantitative estimate of drug-likeness (QED) is 0.788. The van der Waals surface area contributed by atoms with E-state index < -0.39 is 6.10 Å². The summed E-state index contributed by atoms with van der Waals surface area (Å²) in [5.41, 5.74) is 0.649. The Morgan fingerprint density at radius 2 is 1.79 bits per heavy atom. The minimum atomic E-state index is -0.395. The largest absolute Gasteiger partial charge is 0.392 e. The Kier molecular flexibility index (Phi) is 3.27. The van der Waals surface area contributed by atoms with Crippen molar-refractivity contribution in [1.82, 2.24) is 0 Å². The summed E-state index contributed by atoms with van der Waals surface area (Å²) in [7, 11) is 0. The molecule has 0 aliphatic rings. The number of benzene rings is 1. The smallest absolute Gasteiger partial charge is 0.123 e. The second kappa shape index (κ2) is 4.09. The molecule has 1 aromatic carbocycles. The number of rotatable bonds is 3. The molecule has 78 valence electrons. The van der Waals surface area contributed by atoms with Gasteiger partial charge in [-0.05, 0) is 24.1 Å². The van der Waals surface area contributed by atoms with E-state index in [1.807, 2.05) is 20.8 Å². The molecule has 1 nitrogen and oxygen atoms in total. The average molecular weight is 196 g/mol. The molecule has 0 unspecified atom stereocenters. The van der Waals surface area contributed by atoms with Crippen molar-refractivity contribution in [3.63, 3.8) is 0 Å². The van der Waals surface area contributed by atoms with Gasteiger partial charge in [0.2, 0.25) is 0 Å². The van der Waals surface area contributed by atoms with Gasteiger partial charge in [0.1, 0.15) is 5.82 Å². The molecule has 0 aliphatic heterocycles. The van der Waals surface area contributed by atoms with Crippen LogP contribution < -0.4 is 0 Å². The summed E-state index contributed by atoms with van der Waals surface area (Å²) in [6.45, 7) is 5.87. The third kappa shape index (κ3) is 2.13. The van der Waals surface area contributed by atoms with E-state index in [-0.39, 0.29) is 11.2 Å². The van der Waals surface area contributed by atoms with E-state index in [0.29, 0.717) is 6.42 Å². The summed E-state index contributed by atoms with van der Waals surface area (Å²) in [6.07, 6.45) is 0.303. The van der Waals surface area contributed by atoms with Crippen molar-refractivity contribution in [2.45, 2.75) is 38.7 Å². The van der Waals surface area contributed by atoms with Crippen LogP contribution in [0, 0.1) is 5.82 Å². The molecule has 0 saturated heterocycles.